The lowest BCUT2D eigenvalue weighted by molar-refractivity contribution is 0.366. The smallest absolute Gasteiger partial charge is 0.155 e. The third-order valence-electron chi connectivity index (χ3n) is 1.46. The Kier molecular flexibility index (Phi) is 3.19. The third kappa shape index (κ3) is 2.07. The van der Waals surface area contributed by atoms with Gasteiger partial charge < -0.3 is 4.74 Å². The summed E-state index contributed by atoms with van der Waals surface area (Å²) >= 11 is 0. The number of halogens is 2. The van der Waals surface area contributed by atoms with Gasteiger partial charge in [-0.15, -0.1) is 6.42 Å². The topological polar surface area (TPSA) is 21.6 Å². The molecule has 0 amide bonds. The van der Waals surface area contributed by atoms with Crippen LogP contribution in [0.15, 0.2) is 17.1 Å². The van der Waals surface area contributed by atoms with E-state index in [2.05, 4.69) is 17.6 Å². The van der Waals surface area contributed by atoms with Crippen LogP contribution < -0.4 is 4.74 Å². The molecular weight excluding hydrogens is 188 g/mol. The average Bonchev–Trinajstić information content (AvgIpc) is 2.14. The molecular formula is C10H7F2NO. The fourth-order valence-electron chi connectivity index (χ4n) is 0.925. The number of hydrogen-bond acceptors (Lipinski definition) is 2. The van der Waals surface area contributed by atoms with E-state index in [1.807, 2.05) is 0 Å². The van der Waals surface area contributed by atoms with Crippen LogP contribution in [0.1, 0.15) is 0 Å². The van der Waals surface area contributed by atoms with Crippen LogP contribution in [0.3, 0.4) is 0 Å². The molecule has 1 aromatic rings. The summed E-state index contributed by atoms with van der Waals surface area (Å²) in [6.07, 6.45) is 4.94. The maximum atomic E-state index is 13.0. The van der Waals surface area contributed by atoms with Crippen LogP contribution in [0, 0.1) is 24.0 Å². The largest absolute Gasteiger partial charge is 0.478 e. The SMILES string of the molecule is C#CCOc1cc(F)cc(F)c1N=C. The number of ether oxygens (including phenoxy) is 1. The molecule has 1 aromatic carbocycles. The summed E-state index contributed by atoms with van der Waals surface area (Å²) in [7, 11) is 0. The van der Waals surface area contributed by atoms with Crippen molar-refractivity contribution in [1.82, 2.24) is 0 Å². The molecule has 4 heteroatoms. The summed E-state index contributed by atoms with van der Waals surface area (Å²) in [6, 6.07) is 1.71. The van der Waals surface area contributed by atoms with E-state index in [0.29, 0.717) is 6.07 Å². The minimum Gasteiger partial charge on any atom is -0.478 e. The molecule has 0 unspecified atom stereocenters. The van der Waals surface area contributed by atoms with E-state index >= 15 is 0 Å². The predicted molar refractivity (Wildman–Crippen MR) is 49.9 cm³/mol. The maximum absolute atomic E-state index is 13.0. The first-order chi connectivity index (χ1) is 6.69. The lowest BCUT2D eigenvalue weighted by atomic mass is 10.2. The Balaban J connectivity index is 3.12. The summed E-state index contributed by atoms with van der Waals surface area (Å²) in [6.45, 7) is 3.07. The van der Waals surface area contributed by atoms with E-state index in [1.165, 1.54) is 0 Å². The van der Waals surface area contributed by atoms with Crippen molar-refractivity contribution in [3.05, 3.63) is 23.8 Å². The summed E-state index contributed by atoms with van der Waals surface area (Å²) in [4.78, 5) is 3.38. The predicted octanol–water partition coefficient (Wildman–Crippen LogP) is 2.31. The first-order valence-corrected chi connectivity index (χ1v) is 3.71. The zero-order valence-corrected chi connectivity index (χ0v) is 7.26. The van der Waals surface area contributed by atoms with E-state index < -0.39 is 11.6 Å². The van der Waals surface area contributed by atoms with Crippen LogP contribution in [0.4, 0.5) is 14.5 Å². The second-order valence-corrected chi connectivity index (χ2v) is 2.39. The Bertz CT molecular complexity index is 396. The van der Waals surface area contributed by atoms with Gasteiger partial charge in [-0.05, 0) is 6.72 Å². The van der Waals surface area contributed by atoms with Gasteiger partial charge in [0.15, 0.2) is 11.6 Å². The van der Waals surface area contributed by atoms with Crippen molar-refractivity contribution in [2.24, 2.45) is 4.99 Å². The van der Waals surface area contributed by atoms with Gasteiger partial charge in [0.25, 0.3) is 0 Å². The number of nitrogens with zero attached hydrogens (tertiary/aromatic N) is 1. The van der Waals surface area contributed by atoms with Crippen LogP contribution in [0.2, 0.25) is 0 Å². The number of rotatable bonds is 3. The average molecular weight is 195 g/mol. The first kappa shape index (κ1) is 10.2. The van der Waals surface area contributed by atoms with Crippen molar-refractivity contribution < 1.29 is 13.5 Å². The monoisotopic (exact) mass is 195 g/mol. The third-order valence-corrected chi connectivity index (χ3v) is 1.46. The van der Waals surface area contributed by atoms with Crippen molar-refractivity contribution >= 4 is 12.4 Å². The summed E-state index contributed by atoms with van der Waals surface area (Å²) < 4.78 is 30.7. The molecule has 1 rings (SSSR count). The van der Waals surface area contributed by atoms with Crippen LogP contribution in [0.5, 0.6) is 5.75 Å². The van der Waals surface area contributed by atoms with E-state index in [4.69, 9.17) is 11.2 Å². The van der Waals surface area contributed by atoms with E-state index in [1.54, 1.807) is 0 Å². The molecule has 14 heavy (non-hydrogen) atoms. The molecule has 0 radical (unpaired) electrons. The van der Waals surface area contributed by atoms with E-state index in [9.17, 15) is 8.78 Å². The minimum absolute atomic E-state index is 0.0459. The molecule has 0 saturated heterocycles. The number of aliphatic imine (C=N–C) groups is 1. The van der Waals surface area contributed by atoms with E-state index in [0.717, 1.165) is 6.07 Å². The van der Waals surface area contributed by atoms with Crippen molar-refractivity contribution in [3.63, 3.8) is 0 Å². The van der Waals surface area contributed by atoms with Gasteiger partial charge in [0.1, 0.15) is 18.1 Å². The lowest BCUT2D eigenvalue weighted by Crippen LogP contribution is -1.95. The van der Waals surface area contributed by atoms with Crippen molar-refractivity contribution in [2.75, 3.05) is 6.61 Å². The zero-order chi connectivity index (χ0) is 10.6. The molecule has 0 saturated carbocycles. The van der Waals surface area contributed by atoms with Crippen LogP contribution in [0.25, 0.3) is 0 Å². The van der Waals surface area contributed by atoms with Gasteiger partial charge in [0, 0.05) is 12.1 Å². The molecule has 0 spiro atoms. The maximum Gasteiger partial charge on any atom is 0.155 e. The van der Waals surface area contributed by atoms with Crippen molar-refractivity contribution in [3.8, 4) is 18.1 Å². The van der Waals surface area contributed by atoms with Gasteiger partial charge in [0.2, 0.25) is 0 Å². The van der Waals surface area contributed by atoms with Gasteiger partial charge >= 0.3 is 0 Å². The molecule has 0 aromatic heterocycles. The Labute approximate surface area is 80.2 Å². The quantitative estimate of drug-likeness (QED) is 0.535. The van der Waals surface area contributed by atoms with Gasteiger partial charge in [-0.3, -0.25) is 4.99 Å². The van der Waals surface area contributed by atoms with E-state index in [-0.39, 0.29) is 18.0 Å². The van der Waals surface area contributed by atoms with Crippen LogP contribution in [-0.4, -0.2) is 13.3 Å². The van der Waals surface area contributed by atoms with Crippen LogP contribution in [-0.2, 0) is 0 Å². The molecule has 0 aliphatic heterocycles. The van der Waals surface area contributed by atoms with Gasteiger partial charge in [-0.1, -0.05) is 5.92 Å². The van der Waals surface area contributed by atoms with Gasteiger partial charge in [0.05, 0.1) is 0 Å². The molecule has 0 heterocycles. The molecule has 72 valence electrons. The van der Waals surface area contributed by atoms with Crippen LogP contribution >= 0.6 is 0 Å². The second kappa shape index (κ2) is 4.38. The summed E-state index contributed by atoms with van der Waals surface area (Å²) in [5.74, 6) is 0.556. The molecule has 0 aliphatic carbocycles. The molecule has 0 fully saturated rings. The molecule has 0 bridgehead atoms. The fourth-order valence-corrected chi connectivity index (χ4v) is 0.925. The number of hydrogen-bond donors (Lipinski definition) is 0. The Morgan fingerprint density at radius 1 is 1.50 bits per heavy atom. The van der Waals surface area contributed by atoms with Crippen molar-refractivity contribution in [1.29, 1.82) is 0 Å². The lowest BCUT2D eigenvalue weighted by Gasteiger charge is -2.06. The number of terminal acetylenes is 1. The molecule has 0 aliphatic rings. The second-order valence-electron chi connectivity index (χ2n) is 2.39. The van der Waals surface area contributed by atoms with Gasteiger partial charge in [-0.25, -0.2) is 8.78 Å². The highest BCUT2D eigenvalue weighted by Gasteiger charge is 2.10. The standard InChI is InChI=1S/C10H7F2NO/c1-3-4-14-9-6-7(11)5-8(12)10(9)13-2/h1,5-6H,2,4H2. The summed E-state index contributed by atoms with van der Waals surface area (Å²) in [5, 5.41) is 0. The number of benzene rings is 1. The van der Waals surface area contributed by atoms with Gasteiger partial charge in [-0.2, -0.15) is 0 Å². The Hall–Kier alpha value is -1.89. The summed E-state index contributed by atoms with van der Waals surface area (Å²) in [5.41, 5.74) is -0.137. The highest BCUT2D eigenvalue weighted by Crippen LogP contribution is 2.31. The minimum atomic E-state index is -0.827. The molecule has 0 atom stereocenters. The zero-order valence-electron chi connectivity index (χ0n) is 7.26. The Morgan fingerprint density at radius 3 is 2.79 bits per heavy atom. The molecule has 2 nitrogen and oxygen atoms in total. The first-order valence-electron chi connectivity index (χ1n) is 3.71. The fraction of sp³-hybridized carbons (Fsp3) is 0.100. The van der Waals surface area contributed by atoms with Crippen molar-refractivity contribution in [2.45, 2.75) is 0 Å². The normalized spacial score (nSPS) is 9.21. The molecule has 0 N–H and O–H groups in total. The highest BCUT2D eigenvalue weighted by molar-refractivity contribution is 5.57. The highest BCUT2D eigenvalue weighted by atomic mass is 19.1. The Morgan fingerprint density at radius 2 is 2.21 bits per heavy atom.